The average Bonchev–Trinajstić information content (AvgIpc) is 3.24. The number of hydrogen-bond acceptors (Lipinski definition) is 6. The zero-order valence-electron chi connectivity index (χ0n) is 17.9. The number of piperazine rings is 1. The second-order valence-corrected chi connectivity index (χ2v) is 8.68. The van der Waals surface area contributed by atoms with Crippen molar-refractivity contribution in [3.8, 4) is 11.4 Å². The van der Waals surface area contributed by atoms with Gasteiger partial charge in [-0.2, -0.15) is 0 Å². The predicted octanol–water partition coefficient (Wildman–Crippen LogP) is 4.65. The summed E-state index contributed by atoms with van der Waals surface area (Å²) in [6.45, 7) is 5.53. The first kappa shape index (κ1) is 21.9. The lowest BCUT2D eigenvalue weighted by Gasteiger charge is -2.28. The monoisotopic (exact) mass is 485 g/mol. The van der Waals surface area contributed by atoms with Crippen LogP contribution in [0, 0.1) is 5.82 Å². The zero-order valence-corrected chi connectivity index (χ0v) is 19.4. The van der Waals surface area contributed by atoms with Crippen molar-refractivity contribution in [1.29, 1.82) is 0 Å². The summed E-state index contributed by atoms with van der Waals surface area (Å²) in [5.74, 6) is 0.352. The maximum atomic E-state index is 14.0. The molecule has 7 nitrogen and oxygen atoms in total. The highest BCUT2D eigenvalue weighted by Crippen LogP contribution is 2.33. The second kappa shape index (κ2) is 9.13. The SMILES string of the molecule is CC(Nn1ccc2nc(-c3cncc(N4CCNCC4)n3)ccc21)c1c(Cl)ccc(F)c1Cl. The maximum absolute atomic E-state index is 14.0. The number of fused-ring (bicyclic) bond motifs is 1. The fourth-order valence-electron chi connectivity index (χ4n) is 4.01. The van der Waals surface area contributed by atoms with Crippen LogP contribution >= 0.6 is 23.2 Å². The Labute approximate surface area is 200 Å². The molecular weight excluding hydrogens is 464 g/mol. The Bertz CT molecular complexity index is 1300. The number of aromatic nitrogens is 4. The van der Waals surface area contributed by atoms with Crippen LogP contribution in [0.15, 0.2) is 48.9 Å². The van der Waals surface area contributed by atoms with Crippen LogP contribution in [0.25, 0.3) is 22.4 Å². The first-order valence-electron chi connectivity index (χ1n) is 10.7. The molecule has 170 valence electrons. The number of nitrogens with one attached hydrogen (secondary N) is 2. The van der Waals surface area contributed by atoms with Gasteiger partial charge in [0.1, 0.15) is 17.3 Å². The van der Waals surface area contributed by atoms with E-state index in [2.05, 4.69) is 20.6 Å². The predicted molar refractivity (Wildman–Crippen MR) is 130 cm³/mol. The molecule has 2 N–H and O–H groups in total. The largest absolute Gasteiger partial charge is 0.353 e. The van der Waals surface area contributed by atoms with Crippen LogP contribution in [-0.2, 0) is 0 Å². The third-order valence-corrected chi connectivity index (χ3v) is 6.43. The lowest BCUT2D eigenvalue weighted by atomic mass is 10.1. The van der Waals surface area contributed by atoms with Gasteiger partial charge in [-0.3, -0.25) is 9.66 Å². The molecule has 33 heavy (non-hydrogen) atoms. The number of nitrogens with zero attached hydrogens (tertiary/aromatic N) is 5. The van der Waals surface area contributed by atoms with Crippen LogP contribution in [0.1, 0.15) is 18.5 Å². The standard InChI is InChI=1S/C23H22Cl2FN7/c1-14(22-15(24)2-3-16(26)23(22)25)31-33-9-6-18-20(33)5-4-17(29-18)19-12-28-13-21(30-19)32-10-7-27-8-11-32/h2-6,9,12-14,27,31H,7-8,10-11H2,1H3. The Morgan fingerprint density at radius 2 is 1.85 bits per heavy atom. The summed E-state index contributed by atoms with van der Waals surface area (Å²) in [6, 6.07) is 8.22. The van der Waals surface area contributed by atoms with Gasteiger partial charge in [0, 0.05) is 43.0 Å². The molecule has 1 aliphatic rings. The number of pyridine rings is 1. The number of rotatable bonds is 5. The van der Waals surface area contributed by atoms with E-state index in [9.17, 15) is 4.39 Å². The Kier molecular flexibility index (Phi) is 6.05. The maximum Gasteiger partial charge on any atom is 0.147 e. The highest BCUT2D eigenvalue weighted by molar-refractivity contribution is 6.36. The van der Waals surface area contributed by atoms with E-state index in [4.69, 9.17) is 33.2 Å². The molecule has 5 rings (SSSR count). The van der Waals surface area contributed by atoms with Gasteiger partial charge in [-0.1, -0.05) is 23.2 Å². The van der Waals surface area contributed by atoms with Gasteiger partial charge < -0.3 is 15.6 Å². The molecule has 4 heterocycles. The zero-order chi connectivity index (χ0) is 22.9. The quantitative estimate of drug-likeness (QED) is 0.400. The molecule has 3 aromatic heterocycles. The molecule has 0 aliphatic carbocycles. The van der Waals surface area contributed by atoms with Crippen LogP contribution in [0.3, 0.4) is 0 Å². The van der Waals surface area contributed by atoms with Gasteiger partial charge in [-0.05, 0) is 37.3 Å². The molecule has 1 fully saturated rings. The van der Waals surface area contributed by atoms with Crippen LogP contribution in [0.5, 0.6) is 0 Å². The molecule has 0 radical (unpaired) electrons. The molecule has 1 atom stereocenters. The van der Waals surface area contributed by atoms with E-state index in [-0.39, 0.29) is 11.1 Å². The number of anilines is 1. The first-order chi connectivity index (χ1) is 16.0. The molecule has 10 heteroatoms. The number of halogens is 3. The minimum Gasteiger partial charge on any atom is -0.353 e. The van der Waals surface area contributed by atoms with Crippen molar-refractivity contribution in [3.63, 3.8) is 0 Å². The van der Waals surface area contributed by atoms with Crippen LogP contribution in [0.4, 0.5) is 10.2 Å². The topological polar surface area (TPSA) is 70.9 Å². The van der Waals surface area contributed by atoms with Gasteiger partial charge in [-0.15, -0.1) is 0 Å². The van der Waals surface area contributed by atoms with E-state index in [1.807, 2.05) is 36.0 Å². The van der Waals surface area contributed by atoms with Crippen molar-refractivity contribution in [1.82, 2.24) is 24.9 Å². The Morgan fingerprint density at radius 3 is 2.67 bits per heavy atom. The molecule has 0 amide bonds. The van der Waals surface area contributed by atoms with Gasteiger partial charge in [0.2, 0.25) is 0 Å². The van der Waals surface area contributed by atoms with E-state index >= 15 is 0 Å². The van der Waals surface area contributed by atoms with Crippen molar-refractivity contribution >= 4 is 40.1 Å². The highest BCUT2D eigenvalue weighted by Gasteiger charge is 2.18. The van der Waals surface area contributed by atoms with Crippen molar-refractivity contribution in [2.75, 3.05) is 36.5 Å². The summed E-state index contributed by atoms with van der Waals surface area (Å²) in [4.78, 5) is 16.2. The molecule has 4 aromatic rings. The first-order valence-corrected chi connectivity index (χ1v) is 11.4. The van der Waals surface area contributed by atoms with E-state index in [0.717, 1.165) is 54.4 Å². The summed E-state index contributed by atoms with van der Waals surface area (Å²) in [5.41, 5.74) is 6.92. The van der Waals surface area contributed by atoms with E-state index in [1.54, 1.807) is 12.4 Å². The molecular formula is C23H22Cl2FN7. The number of benzene rings is 1. The Hall–Kier alpha value is -2.94. The van der Waals surface area contributed by atoms with Gasteiger partial charge in [0.25, 0.3) is 0 Å². The van der Waals surface area contributed by atoms with Crippen LogP contribution in [0.2, 0.25) is 10.0 Å². The highest BCUT2D eigenvalue weighted by atomic mass is 35.5. The molecule has 1 unspecified atom stereocenters. The van der Waals surface area contributed by atoms with Crippen molar-refractivity contribution < 1.29 is 4.39 Å². The second-order valence-electron chi connectivity index (χ2n) is 7.89. The summed E-state index contributed by atoms with van der Waals surface area (Å²) in [7, 11) is 0. The molecule has 0 saturated carbocycles. The summed E-state index contributed by atoms with van der Waals surface area (Å²) >= 11 is 12.4. The lowest BCUT2D eigenvalue weighted by molar-refractivity contribution is 0.584. The van der Waals surface area contributed by atoms with Crippen molar-refractivity contribution in [2.24, 2.45) is 0 Å². The smallest absolute Gasteiger partial charge is 0.147 e. The molecule has 1 aliphatic heterocycles. The molecule has 1 saturated heterocycles. The average molecular weight is 486 g/mol. The summed E-state index contributed by atoms with van der Waals surface area (Å²) in [5, 5.41) is 3.76. The van der Waals surface area contributed by atoms with Crippen LogP contribution < -0.4 is 15.6 Å². The van der Waals surface area contributed by atoms with E-state index in [0.29, 0.717) is 10.6 Å². The third-order valence-electron chi connectivity index (χ3n) is 5.71. The van der Waals surface area contributed by atoms with E-state index < -0.39 is 5.82 Å². The fraction of sp³-hybridized carbons (Fsp3) is 0.261. The van der Waals surface area contributed by atoms with Crippen LogP contribution in [-0.4, -0.2) is 45.8 Å². The minimum absolute atomic E-state index is 0.0160. The van der Waals surface area contributed by atoms with Gasteiger partial charge >= 0.3 is 0 Å². The molecule has 0 spiro atoms. The normalized spacial score (nSPS) is 15.1. The molecule has 0 bridgehead atoms. The fourth-order valence-corrected chi connectivity index (χ4v) is 4.71. The van der Waals surface area contributed by atoms with E-state index in [1.165, 1.54) is 12.1 Å². The minimum atomic E-state index is -0.502. The summed E-state index contributed by atoms with van der Waals surface area (Å²) in [6.07, 6.45) is 5.38. The summed E-state index contributed by atoms with van der Waals surface area (Å²) < 4.78 is 15.8. The number of hydrogen-bond donors (Lipinski definition) is 2. The molecule has 1 aromatic carbocycles. The Morgan fingerprint density at radius 1 is 1.03 bits per heavy atom. The van der Waals surface area contributed by atoms with Crippen molar-refractivity contribution in [3.05, 3.63) is 70.3 Å². The van der Waals surface area contributed by atoms with Gasteiger partial charge in [0.05, 0.1) is 40.2 Å². The van der Waals surface area contributed by atoms with Gasteiger partial charge in [-0.25, -0.2) is 14.4 Å². The van der Waals surface area contributed by atoms with Gasteiger partial charge in [0.15, 0.2) is 0 Å². The van der Waals surface area contributed by atoms with Crippen molar-refractivity contribution in [2.45, 2.75) is 13.0 Å². The third kappa shape index (κ3) is 4.34. The Balaban J connectivity index is 1.41. The lowest BCUT2D eigenvalue weighted by Crippen LogP contribution is -2.43.